The van der Waals surface area contributed by atoms with Crippen molar-refractivity contribution < 1.29 is 9.59 Å². The summed E-state index contributed by atoms with van der Waals surface area (Å²) < 4.78 is 0. The number of nitrogens with zero attached hydrogens (tertiary/aromatic N) is 2. The fourth-order valence-electron chi connectivity index (χ4n) is 2.61. The van der Waals surface area contributed by atoms with E-state index in [0.717, 1.165) is 12.8 Å². The van der Waals surface area contributed by atoms with Gasteiger partial charge >= 0.3 is 0 Å². The third kappa shape index (κ3) is 3.85. The molecule has 1 N–H and O–H groups in total. The van der Waals surface area contributed by atoms with Gasteiger partial charge < -0.3 is 10.2 Å². The van der Waals surface area contributed by atoms with Crippen LogP contribution < -0.4 is 5.32 Å². The van der Waals surface area contributed by atoms with Gasteiger partial charge in [0, 0.05) is 30.6 Å². The molecule has 22 heavy (non-hydrogen) atoms. The summed E-state index contributed by atoms with van der Waals surface area (Å²) in [6, 6.07) is 8.78. The van der Waals surface area contributed by atoms with Gasteiger partial charge in [-0.15, -0.1) is 0 Å². The maximum absolute atomic E-state index is 12.2. The molecule has 0 spiro atoms. The van der Waals surface area contributed by atoms with Crippen LogP contribution >= 0.6 is 0 Å². The molecule has 0 radical (unpaired) electrons. The first-order valence-electron chi connectivity index (χ1n) is 7.61. The molecule has 1 saturated heterocycles. The average Bonchev–Trinajstić information content (AvgIpc) is 2.54. The van der Waals surface area contributed by atoms with Crippen LogP contribution in [-0.4, -0.2) is 35.8 Å². The van der Waals surface area contributed by atoms with Crippen LogP contribution in [0.25, 0.3) is 0 Å². The van der Waals surface area contributed by atoms with Crippen LogP contribution in [0.5, 0.6) is 0 Å². The molecule has 0 unspecified atom stereocenters. The van der Waals surface area contributed by atoms with Gasteiger partial charge in [0.1, 0.15) is 0 Å². The van der Waals surface area contributed by atoms with Crippen molar-refractivity contribution in [3.63, 3.8) is 0 Å². The van der Waals surface area contributed by atoms with Gasteiger partial charge in [0.2, 0.25) is 5.91 Å². The predicted molar refractivity (Wildman–Crippen MR) is 83.1 cm³/mol. The van der Waals surface area contributed by atoms with E-state index in [-0.39, 0.29) is 23.8 Å². The largest absolute Gasteiger partial charge is 0.349 e. The molecule has 0 bridgehead atoms. The van der Waals surface area contributed by atoms with Gasteiger partial charge in [0.25, 0.3) is 5.91 Å². The minimum Gasteiger partial charge on any atom is -0.349 e. The summed E-state index contributed by atoms with van der Waals surface area (Å²) in [4.78, 5) is 26.0. The van der Waals surface area contributed by atoms with Crippen molar-refractivity contribution >= 4 is 11.8 Å². The molecule has 1 aliphatic rings. The molecule has 5 heteroatoms. The Balaban J connectivity index is 1.89. The lowest BCUT2D eigenvalue weighted by atomic mass is 10.0. The van der Waals surface area contributed by atoms with Crippen molar-refractivity contribution in [1.82, 2.24) is 10.2 Å². The van der Waals surface area contributed by atoms with Crippen molar-refractivity contribution in [2.45, 2.75) is 32.7 Å². The van der Waals surface area contributed by atoms with Gasteiger partial charge in [-0.2, -0.15) is 5.26 Å². The van der Waals surface area contributed by atoms with Gasteiger partial charge in [0.15, 0.2) is 0 Å². The molecule has 116 valence electrons. The molecule has 0 saturated carbocycles. The molecule has 1 aromatic carbocycles. The molecular weight excluding hydrogens is 278 g/mol. The number of carbonyl (C=O) groups is 2. The van der Waals surface area contributed by atoms with E-state index in [4.69, 9.17) is 5.26 Å². The van der Waals surface area contributed by atoms with Crippen molar-refractivity contribution in [2.24, 2.45) is 5.92 Å². The number of rotatable bonds is 3. The zero-order valence-corrected chi connectivity index (χ0v) is 13.0. The lowest BCUT2D eigenvalue weighted by molar-refractivity contribution is -0.135. The Morgan fingerprint density at radius 3 is 2.59 bits per heavy atom. The third-order valence-corrected chi connectivity index (χ3v) is 3.89. The number of hydrogen-bond acceptors (Lipinski definition) is 3. The average molecular weight is 299 g/mol. The topological polar surface area (TPSA) is 73.2 Å². The van der Waals surface area contributed by atoms with Gasteiger partial charge in [-0.1, -0.05) is 19.9 Å². The zero-order chi connectivity index (χ0) is 16.1. The summed E-state index contributed by atoms with van der Waals surface area (Å²) in [5.41, 5.74) is 0.977. The molecule has 1 fully saturated rings. The highest BCUT2D eigenvalue weighted by Gasteiger charge is 2.25. The second-order valence-corrected chi connectivity index (χ2v) is 5.92. The van der Waals surface area contributed by atoms with E-state index in [1.807, 2.05) is 24.8 Å². The predicted octanol–water partition coefficient (Wildman–Crippen LogP) is 1.94. The van der Waals surface area contributed by atoms with E-state index in [0.29, 0.717) is 24.2 Å². The Hall–Kier alpha value is -2.35. The Morgan fingerprint density at radius 1 is 1.32 bits per heavy atom. The minimum absolute atomic E-state index is 0.0138. The summed E-state index contributed by atoms with van der Waals surface area (Å²) >= 11 is 0. The van der Waals surface area contributed by atoms with Crippen molar-refractivity contribution in [1.29, 1.82) is 5.26 Å². The van der Waals surface area contributed by atoms with Crippen LogP contribution in [0, 0.1) is 17.2 Å². The lowest BCUT2D eigenvalue weighted by Crippen LogP contribution is -2.47. The number of hydrogen-bond donors (Lipinski definition) is 1. The Morgan fingerprint density at radius 2 is 2.00 bits per heavy atom. The highest BCUT2D eigenvalue weighted by molar-refractivity contribution is 5.94. The fraction of sp³-hybridized carbons (Fsp3) is 0.471. The van der Waals surface area contributed by atoms with E-state index >= 15 is 0 Å². The normalized spacial score (nSPS) is 15.5. The molecule has 0 atom stereocenters. The second-order valence-electron chi connectivity index (χ2n) is 5.92. The number of nitrogens with one attached hydrogen (secondary N) is 1. The fourth-order valence-corrected chi connectivity index (χ4v) is 2.61. The number of amides is 2. The van der Waals surface area contributed by atoms with E-state index in [1.54, 1.807) is 24.3 Å². The first-order valence-corrected chi connectivity index (χ1v) is 7.61. The number of nitriles is 1. The summed E-state index contributed by atoms with van der Waals surface area (Å²) in [5.74, 6) is 0.0251. The molecule has 5 nitrogen and oxygen atoms in total. The highest BCUT2D eigenvalue weighted by Crippen LogP contribution is 2.14. The summed E-state index contributed by atoms with van der Waals surface area (Å²) in [6.07, 6.45) is 1.53. The number of benzene rings is 1. The summed E-state index contributed by atoms with van der Waals surface area (Å²) in [7, 11) is 0. The van der Waals surface area contributed by atoms with Gasteiger partial charge in [-0.3, -0.25) is 9.59 Å². The smallest absolute Gasteiger partial charge is 0.251 e. The van der Waals surface area contributed by atoms with Crippen LogP contribution in [-0.2, 0) is 4.79 Å². The second kappa shape index (κ2) is 7.08. The molecule has 0 aliphatic carbocycles. The first-order chi connectivity index (χ1) is 10.5. The monoisotopic (exact) mass is 299 g/mol. The third-order valence-electron chi connectivity index (χ3n) is 3.89. The Labute approximate surface area is 130 Å². The molecule has 0 aromatic heterocycles. The van der Waals surface area contributed by atoms with Crippen molar-refractivity contribution in [3.05, 3.63) is 35.4 Å². The maximum Gasteiger partial charge on any atom is 0.251 e. The lowest BCUT2D eigenvalue weighted by Gasteiger charge is -2.33. The Kier molecular flexibility index (Phi) is 5.16. The summed E-state index contributed by atoms with van der Waals surface area (Å²) in [6.45, 7) is 5.16. The quantitative estimate of drug-likeness (QED) is 0.927. The van der Waals surface area contributed by atoms with Crippen LogP contribution in [0.2, 0.25) is 0 Å². The van der Waals surface area contributed by atoms with E-state index in [1.165, 1.54) is 0 Å². The Bertz CT molecular complexity index is 596. The standard InChI is InChI=1S/C17H21N3O2/c1-12(2)17(22)20-8-6-15(7-9-20)19-16(21)14-5-3-4-13(10-14)11-18/h3-5,10,12,15H,6-9H2,1-2H3,(H,19,21). The van der Waals surface area contributed by atoms with Gasteiger partial charge in [-0.25, -0.2) is 0 Å². The number of likely N-dealkylation sites (tertiary alicyclic amines) is 1. The summed E-state index contributed by atoms with van der Waals surface area (Å²) in [5, 5.41) is 11.9. The minimum atomic E-state index is -0.161. The molecule has 2 amide bonds. The van der Waals surface area contributed by atoms with Gasteiger partial charge in [0.05, 0.1) is 11.6 Å². The molecule has 2 rings (SSSR count). The first kappa shape index (κ1) is 16.0. The van der Waals surface area contributed by atoms with E-state index in [9.17, 15) is 9.59 Å². The number of piperidine rings is 1. The SMILES string of the molecule is CC(C)C(=O)N1CCC(NC(=O)c2cccc(C#N)c2)CC1. The molecule has 1 heterocycles. The molecule has 1 aromatic rings. The van der Waals surface area contributed by atoms with Crippen LogP contribution in [0.3, 0.4) is 0 Å². The van der Waals surface area contributed by atoms with Crippen molar-refractivity contribution in [3.8, 4) is 6.07 Å². The molecule has 1 aliphatic heterocycles. The highest BCUT2D eigenvalue weighted by atomic mass is 16.2. The van der Waals surface area contributed by atoms with Crippen LogP contribution in [0.1, 0.15) is 42.6 Å². The molecular formula is C17H21N3O2. The number of carbonyl (C=O) groups excluding carboxylic acids is 2. The van der Waals surface area contributed by atoms with E-state index in [2.05, 4.69) is 5.32 Å². The van der Waals surface area contributed by atoms with Crippen LogP contribution in [0.15, 0.2) is 24.3 Å². The van der Waals surface area contributed by atoms with Crippen molar-refractivity contribution in [2.75, 3.05) is 13.1 Å². The van der Waals surface area contributed by atoms with Crippen LogP contribution in [0.4, 0.5) is 0 Å². The zero-order valence-electron chi connectivity index (χ0n) is 13.0. The maximum atomic E-state index is 12.2. The van der Waals surface area contributed by atoms with Gasteiger partial charge in [-0.05, 0) is 31.0 Å². The van der Waals surface area contributed by atoms with E-state index < -0.39 is 0 Å².